The first-order chi connectivity index (χ1) is 13.3. The molecule has 3 rings (SSSR count). The zero-order valence-electron chi connectivity index (χ0n) is 15.4. The minimum absolute atomic E-state index is 0.0685. The van der Waals surface area contributed by atoms with Gasteiger partial charge in [0.15, 0.2) is 16.4 Å². The molecule has 0 saturated carbocycles. The number of hydrogen-bond acceptors (Lipinski definition) is 6. The van der Waals surface area contributed by atoms with Gasteiger partial charge in [0.1, 0.15) is 5.75 Å². The van der Waals surface area contributed by atoms with Crippen molar-refractivity contribution in [2.75, 3.05) is 25.2 Å². The van der Waals surface area contributed by atoms with Crippen LogP contribution in [0, 0.1) is 0 Å². The predicted octanol–water partition coefficient (Wildman–Crippen LogP) is 1.71. The fourth-order valence-electron chi connectivity index (χ4n) is 3.00. The molecule has 1 fully saturated rings. The topological polar surface area (TPSA) is 98.8 Å². The molecule has 1 amide bonds. The van der Waals surface area contributed by atoms with Gasteiger partial charge in [-0.1, -0.05) is 18.2 Å². The molecule has 1 atom stereocenters. The number of ether oxygens (including phenoxy) is 2. The Bertz CT molecular complexity index is 1030. The normalized spacial score (nSPS) is 18.2. The minimum Gasteiger partial charge on any atom is -0.497 e. The maximum Gasteiger partial charge on any atom is 0.331 e. The standard InChI is InChI=1S/C20H21NO6S/c1-26-18-6-5-15-10-14(2-4-16(15)11-18)3-7-20(23)27-12-19(22)21-17-8-9-28(24,25)13-17/h2-7,10-11,17H,8-9,12-13H2,1H3,(H,21,22)/b7-3+/t17-/m0/s1. The summed E-state index contributed by atoms with van der Waals surface area (Å²) in [7, 11) is -1.46. The summed E-state index contributed by atoms with van der Waals surface area (Å²) < 4.78 is 32.8. The van der Waals surface area contributed by atoms with Gasteiger partial charge < -0.3 is 14.8 Å². The van der Waals surface area contributed by atoms with Crippen molar-refractivity contribution >= 4 is 38.6 Å². The van der Waals surface area contributed by atoms with Crippen molar-refractivity contribution in [1.29, 1.82) is 0 Å². The highest BCUT2D eigenvalue weighted by Crippen LogP contribution is 2.22. The van der Waals surface area contributed by atoms with Gasteiger partial charge in [-0.3, -0.25) is 4.79 Å². The highest BCUT2D eigenvalue weighted by Gasteiger charge is 2.28. The van der Waals surface area contributed by atoms with Crippen LogP contribution in [0.2, 0.25) is 0 Å². The van der Waals surface area contributed by atoms with E-state index in [1.807, 2.05) is 36.4 Å². The third-order valence-electron chi connectivity index (χ3n) is 4.43. The molecule has 28 heavy (non-hydrogen) atoms. The first-order valence-electron chi connectivity index (χ1n) is 8.77. The van der Waals surface area contributed by atoms with E-state index in [2.05, 4.69) is 5.32 Å². The van der Waals surface area contributed by atoms with E-state index in [-0.39, 0.29) is 11.5 Å². The monoisotopic (exact) mass is 403 g/mol. The second-order valence-corrected chi connectivity index (χ2v) is 8.81. The molecule has 2 aromatic carbocycles. The van der Waals surface area contributed by atoms with Crippen LogP contribution in [0.25, 0.3) is 16.8 Å². The number of amides is 1. The van der Waals surface area contributed by atoms with Crippen LogP contribution in [0.4, 0.5) is 0 Å². The second-order valence-electron chi connectivity index (χ2n) is 6.58. The Morgan fingerprint density at radius 2 is 1.93 bits per heavy atom. The van der Waals surface area contributed by atoms with Gasteiger partial charge in [0.25, 0.3) is 5.91 Å². The fourth-order valence-corrected chi connectivity index (χ4v) is 4.67. The number of rotatable bonds is 6. The summed E-state index contributed by atoms with van der Waals surface area (Å²) in [5.74, 6) is -0.389. The van der Waals surface area contributed by atoms with Crippen molar-refractivity contribution in [3.05, 3.63) is 48.0 Å². The number of sulfone groups is 1. The van der Waals surface area contributed by atoms with Gasteiger partial charge in [-0.2, -0.15) is 0 Å². The number of carbonyl (C=O) groups is 2. The lowest BCUT2D eigenvalue weighted by Crippen LogP contribution is -2.38. The molecule has 1 saturated heterocycles. The SMILES string of the molecule is COc1ccc2cc(/C=C/C(=O)OCC(=O)N[C@H]3CCS(=O)(=O)C3)ccc2c1. The third-order valence-corrected chi connectivity index (χ3v) is 6.19. The Hall–Kier alpha value is -2.87. The van der Waals surface area contributed by atoms with Crippen molar-refractivity contribution < 1.29 is 27.5 Å². The highest BCUT2D eigenvalue weighted by atomic mass is 32.2. The molecular weight excluding hydrogens is 382 g/mol. The van der Waals surface area contributed by atoms with Crippen molar-refractivity contribution in [3.8, 4) is 5.75 Å². The van der Waals surface area contributed by atoms with Crippen molar-refractivity contribution in [3.63, 3.8) is 0 Å². The van der Waals surface area contributed by atoms with Crippen LogP contribution in [-0.2, 0) is 24.2 Å². The molecule has 7 nitrogen and oxygen atoms in total. The molecule has 1 heterocycles. The molecule has 0 unspecified atom stereocenters. The number of hydrogen-bond donors (Lipinski definition) is 1. The van der Waals surface area contributed by atoms with Crippen LogP contribution in [-0.4, -0.2) is 51.6 Å². The molecule has 0 radical (unpaired) electrons. The maximum atomic E-state index is 11.8. The van der Waals surface area contributed by atoms with E-state index in [9.17, 15) is 18.0 Å². The Kier molecular flexibility index (Phi) is 5.99. The third kappa shape index (κ3) is 5.32. The molecule has 0 aromatic heterocycles. The first-order valence-corrected chi connectivity index (χ1v) is 10.6. The van der Waals surface area contributed by atoms with E-state index in [0.717, 1.165) is 22.1 Å². The average molecular weight is 403 g/mol. The number of methoxy groups -OCH3 is 1. The van der Waals surface area contributed by atoms with Crippen molar-refractivity contribution in [1.82, 2.24) is 5.32 Å². The smallest absolute Gasteiger partial charge is 0.331 e. The van der Waals surface area contributed by atoms with Gasteiger partial charge in [-0.05, 0) is 47.0 Å². The van der Waals surface area contributed by atoms with Crippen LogP contribution < -0.4 is 10.1 Å². The number of esters is 1. The summed E-state index contributed by atoms with van der Waals surface area (Å²) >= 11 is 0. The van der Waals surface area contributed by atoms with Crippen molar-refractivity contribution in [2.45, 2.75) is 12.5 Å². The van der Waals surface area contributed by atoms with Gasteiger partial charge in [0.2, 0.25) is 0 Å². The zero-order chi connectivity index (χ0) is 20.1. The zero-order valence-corrected chi connectivity index (χ0v) is 16.2. The number of carbonyl (C=O) groups excluding carboxylic acids is 2. The van der Waals surface area contributed by atoms with Crippen LogP contribution in [0.5, 0.6) is 5.75 Å². The Labute approximate surface area is 163 Å². The molecule has 1 aliphatic rings. The van der Waals surface area contributed by atoms with Crippen molar-refractivity contribution in [2.24, 2.45) is 0 Å². The molecule has 2 aromatic rings. The first kappa shape index (κ1) is 19.9. The largest absolute Gasteiger partial charge is 0.497 e. The average Bonchev–Trinajstić information content (AvgIpc) is 3.02. The lowest BCUT2D eigenvalue weighted by atomic mass is 10.1. The molecule has 1 aliphatic heterocycles. The summed E-state index contributed by atoms with van der Waals surface area (Å²) in [5, 5.41) is 4.58. The lowest BCUT2D eigenvalue weighted by molar-refractivity contribution is -0.143. The number of fused-ring (bicyclic) bond motifs is 1. The minimum atomic E-state index is -3.07. The molecule has 8 heteroatoms. The van der Waals surface area contributed by atoms with Crippen LogP contribution in [0.1, 0.15) is 12.0 Å². The van der Waals surface area contributed by atoms with Gasteiger partial charge in [-0.25, -0.2) is 13.2 Å². The number of benzene rings is 2. The molecule has 148 valence electrons. The quantitative estimate of drug-likeness (QED) is 0.582. The molecule has 0 spiro atoms. The predicted molar refractivity (Wildman–Crippen MR) is 106 cm³/mol. The molecule has 0 bridgehead atoms. The van der Waals surface area contributed by atoms with E-state index in [4.69, 9.17) is 9.47 Å². The van der Waals surface area contributed by atoms with E-state index in [1.165, 1.54) is 6.08 Å². The fraction of sp³-hybridized carbons (Fsp3) is 0.300. The maximum absolute atomic E-state index is 11.8. The van der Waals surface area contributed by atoms with E-state index in [0.29, 0.717) is 6.42 Å². The molecular formula is C20H21NO6S. The van der Waals surface area contributed by atoms with Crippen LogP contribution >= 0.6 is 0 Å². The summed E-state index contributed by atoms with van der Waals surface area (Å²) in [6.45, 7) is -0.447. The van der Waals surface area contributed by atoms with Crippen LogP contribution in [0.15, 0.2) is 42.5 Å². The van der Waals surface area contributed by atoms with Gasteiger partial charge in [-0.15, -0.1) is 0 Å². The van der Waals surface area contributed by atoms with E-state index in [1.54, 1.807) is 13.2 Å². The summed E-state index contributed by atoms with van der Waals surface area (Å²) in [5.41, 5.74) is 0.815. The molecule has 1 N–H and O–H groups in total. The van der Waals surface area contributed by atoms with Crippen LogP contribution in [0.3, 0.4) is 0 Å². The molecule has 0 aliphatic carbocycles. The summed E-state index contributed by atoms with van der Waals surface area (Å²) in [4.78, 5) is 23.6. The Morgan fingerprint density at radius 3 is 2.64 bits per heavy atom. The van der Waals surface area contributed by atoms with Gasteiger partial charge in [0.05, 0.1) is 18.6 Å². The van der Waals surface area contributed by atoms with Gasteiger partial charge in [0, 0.05) is 12.1 Å². The Balaban J connectivity index is 1.51. The summed E-state index contributed by atoms with van der Waals surface area (Å²) in [6.07, 6.45) is 3.24. The number of nitrogens with one attached hydrogen (secondary N) is 1. The second kappa shape index (κ2) is 8.43. The van der Waals surface area contributed by atoms with E-state index >= 15 is 0 Å². The van der Waals surface area contributed by atoms with E-state index < -0.39 is 34.4 Å². The highest BCUT2D eigenvalue weighted by molar-refractivity contribution is 7.91. The summed E-state index contributed by atoms with van der Waals surface area (Å²) in [6, 6.07) is 11.0. The Morgan fingerprint density at radius 1 is 1.18 bits per heavy atom. The lowest BCUT2D eigenvalue weighted by Gasteiger charge is -2.10. The van der Waals surface area contributed by atoms with Gasteiger partial charge >= 0.3 is 5.97 Å².